The van der Waals surface area contributed by atoms with Crippen LogP contribution in [0.15, 0.2) is 51.1 Å². The summed E-state index contributed by atoms with van der Waals surface area (Å²) >= 11 is 22.0. The molecular weight excluding hydrogens is 700 g/mol. The van der Waals surface area contributed by atoms with Crippen LogP contribution < -0.4 is 0 Å². The monoisotopic (exact) mass is 700 g/mol. The molecule has 0 unspecified atom stereocenters. The normalized spacial score (nSPS) is 11.8. The third-order valence-electron chi connectivity index (χ3n) is 3.84. The van der Waals surface area contributed by atoms with Crippen molar-refractivity contribution < 1.29 is 0 Å². The first-order valence-electron chi connectivity index (χ1n) is 6.71. The standard InChI is InChI=1S/C16H6Br6N2/c17-5-1-3-7-9(11(5)19)13(21)15(23-7)16-14(22)10-8(24-16)4-2-6(18)12(10)20/h1-4,23-24H. The number of rotatable bonds is 1. The fraction of sp³-hybridized carbons (Fsp3) is 0. The van der Waals surface area contributed by atoms with Crippen LogP contribution in [-0.2, 0) is 0 Å². The summed E-state index contributed by atoms with van der Waals surface area (Å²) in [4.78, 5) is 7.00. The number of fused-ring (bicyclic) bond motifs is 2. The Kier molecular flexibility index (Phi) is 4.84. The Morgan fingerprint density at radius 2 is 0.875 bits per heavy atom. The van der Waals surface area contributed by atoms with Crippen LogP contribution in [0, 0.1) is 0 Å². The number of H-pyrrole nitrogens is 2. The highest BCUT2D eigenvalue weighted by Crippen LogP contribution is 2.46. The summed E-state index contributed by atoms with van der Waals surface area (Å²) in [6.07, 6.45) is 0. The molecule has 2 heterocycles. The van der Waals surface area contributed by atoms with E-state index in [1.165, 1.54) is 0 Å². The zero-order chi connectivity index (χ0) is 17.2. The Bertz CT molecular complexity index is 1040. The first kappa shape index (κ1) is 17.8. The maximum atomic E-state index is 3.75. The smallest absolute Gasteiger partial charge is 0.0787 e. The number of aromatic nitrogens is 2. The summed E-state index contributed by atoms with van der Waals surface area (Å²) < 4.78 is 6.09. The van der Waals surface area contributed by atoms with Gasteiger partial charge in [-0.3, -0.25) is 0 Å². The van der Waals surface area contributed by atoms with E-state index >= 15 is 0 Å². The SMILES string of the molecule is Brc1ccc2[nH]c(-c3[nH]c4ccc(Br)c(Br)c4c3Br)c(Br)c2c1Br. The van der Waals surface area contributed by atoms with Crippen LogP contribution in [0.25, 0.3) is 33.2 Å². The van der Waals surface area contributed by atoms with Gasteiger partial charge in [0, 0.05) is 39.7 Å². The van der Waals surface area contributed by atoms with Crippen molar-refractivity contribution >= 4 is 117 Å². The predicted molar refractivity (Wildman–Crippen MR) is 122 cm³/mol. The molecule has 2 N–H and O–H groups in total. The Morgan fingerprint density at radius 1 is 0.500 bits per heavy atom. The van der Waals surface area contributed by atoms with Crippen LogP contribution in [0.3, 0.4) is 0 Å². The van der Waals surface area contributed by atoms with E-state index in [0.717, 1.165) is 60.0 Å². The number of nitrogens with one attached hydrogen (secondary N) is 2. The fourth-order valence-corrected chi connectivity index (χ4v) is 6.41. The van der Waals surface area contributed by atoms with Crippen molar-refractivity contribution in [1.29, 1.82) is 0 Å². The fourth-order valence-electron chi connectivity index (χ4n) is 2.71. The van der Waals surface area contributed by atoms with Crippen molar-refractivity contribution in [2.24, 2.45) is 0 Å². The van der Waals surface area contributed by atoms with Crippen LogP contribution in [0.2, 0.25) is 0 Å². The minimum absolute atomic E-state index is 0.995. The van der Waals surface area contributed by atoms with Gasteiger partial charge in [0.05, 0.1) is 20.3 Å². The molecule has 2 aromatic carbocycles. The molecule has 0 amide bonds. The molecule has 0 aliphatic rings. The molecule has 0 aliphatic carbocycles. The lowest BCUT2D eigenvalue weighted by molar-refractivity contribution is 1.36. The van der Waals surface area contributed by atoms with Crippen LogP contribution in [0.1, 0.15) is 0 Å². The molecule has 0 radical (unpaired) electrons. The van der Waals surface area contributed by atoms with Crippen molar-refractivity contribution in [1.82, 2.24) is 9.97 Å². The summed E-state index contributed by atoms with van der Waals surface area (Å²) in [5.41, 5.74) is 4.10. The third kappa shape index (κ3) is 2.63. The Labute approximate surface area is 187 Å². The summed E-state index contributed by atoms with van der Waals surface area (Å²) in [6, 6.07) is 8.16. The molecule has 2 nitrogen and oxygen atoms in total. The molecule has 0 spiro atoms. The number of hydrogen-bond acceptors (Lipinski definition) is 0. The molecule has 0 fully saturated rings. The zero-order valence-corrected chi connectivity index (χ0v) is 21.1. The van der Waals surface area contributed by atoms with Gasteiger partial charge in [-0.1, -0.05) is 0 Å². The lowest BCUT2D eigenvalue weighted by Gasteiger charge is -2.00. The van der Waals surface area contributed by atoms with Crippen molar-refractivity contribution in [3.8, 4) is 11.4 Å². The second kappa shape index (κ2) is 6.53. The van der Waals surface area contributed by atoms with E-state index in [2.05, 4.69) is 118 Å². The van der Waals surface area contributed by atoms with Crippen LogP contribution in [-0.4, -0.2) is 9.97 Å². The molecule has 4 rings (SSSR count). The van der Waals surface area contributed by atoms with Crippen LogP contribution in [0.4, 0.5) is 0 Å². The topological polar surface area (TPSA) is 31.6 Å². The van der Waals surface area contributed by atoms with E-state index in [0.29, 0.717) is 0 Å². The van der Waals surface area contributed by atoms with Gasteiger partial charge in [-0.2, -0.15) is 0 Å². The van der Waals surface area contributed by atoms with Gasteiger partial charge >= 0.3 is 0 Å². The van der Waals surface area contributed by atoms with Crippen molar-refractivity contribution in [3.63, 3.8) is 0 Å². The molecule has 8 heteroatoms. The van der Waals surface area contributed by atoms with Gasteiger partial charge < -0.3 is 9.97 Å². The highest BCUT2D eigenvalue weighted by molar-refractivity contribution is 9.13. The van der Waals surface area contributed by atoms with E-state index < -0.39 is 0 Å². The summed E-state index contributed by atoms with van der Waals surface area (Å²) in [5.74, 6) is 0. The largest absolute Gasteiger partial charge is 0.352 e. The molecule has 0 saturated heterocycles. The van der Waals surface area contributed by atoms with Crippen molar-refractivity contribution in [2.75, 3.05) is 0 Å². The molecular formula is C16H6Br6N2. The lowest BCUT2D eigenvalue weighted by atomic mass is 10.2. The van der Waals surface area contributed by atoms with Gasteiger partial charge in [0.2, 0.25) is 0 Å². The van der Waals surface area contributed by atoms with E-state index in [1.807, 2.05) is 12.1 Å². The molecule has 2 aromatic heterocycles. The van der Waals surface area contributed by atoms with Crippen molar-refractivity contribution in [2.45, 2.75) is 0 Å². The molecule has 0 atom stereocenters. The second-order valence-corrected chi connectivity index (χ2v) is 10.1. The molecule has 0 aliphatic heterocycles. The van der Waals surface area contributed by atoms with E-state index in [1.54, 1.807) is 0 Å². The Hall–Kier alpha value is 0.400. The minimum Gasteiger partial charge on any atom is -0.352 e. The third-order valence-corrected chi connectivity index (χ3v) is 9.46. The first-order chi connectivity index (χ1) is 11.4. The molecule has 4 aromatic rings. The predicted octanol–water partition coefficient (Wildman–Crippen LogP) is 8.89. The average Bonchev–Trinajstić information content (AvgIpc) is 3.05. The van der Waals surface area contributed by atoms with Crippen LogP contribution >= 0.6 is 95.6 Å². The summed E-state index contributed by atoms with van der Waals surface area (Å²) in [7, 11) is 0. The zero-order valence-electron chi connectivity index (χ0n) is 11.6. The van der Waals surface area contributed by atoms with Crippen molar-refractivity contribution in [3.05, 3.63) is 51.1 Å². The quantitative estimate of drug-likeness (QED) is 0.198. The number of aromatic amines is 2. The Morgan fingerprint density at radius 3 is 1.25 bits per heavy atom. The summed E-state index contributed by atoms with van der Waals surface area (Å²) in [5, 5.41) is 2.20. The van der Waals surface area contributed by atoms with Gasteiger partial charge in [-0.15, -0.1) is 0 Å². The average molecular weight is 706 g/mol. The van der Waals surface area contributed by atoms with Gasteiger partial charge in [-0.25, -0.2) is 0 Å². The van der Waals surface area contributed by atoms with Gasteiger partial charge in [0.1, 0.15) is 0 Å². The summed E-state index contributed by atoms with van der Waals surface area (Å²) in [6.45, 7) is 0. The minimum atomic E-state index is 0.995. The highest BCUT2D eigenvalue weighted by Gasteiger charge is 2.21. The number of hydrogen-bond donors (Lipinski definition) is 2. The highest BCUT2D eigenvalue weighted by atomic mass is 79.9. The maximum Gasteiger partial charge on any atom is 0.0787 e. The number of halogens is 6. The van der Waals surface area contributed by atoms with Crippen LogP contribution in [0.5, 0.6) is 0 Å². The van der Waals surface area contributed by atoms with E-state index in [9.17, 15) is 0 Å². The molecule has 0 bridgehead atoms. The molecule has 122 valence electrons. The number of benzene rings is 2. The first-order valence-corrected chi connectivity index (χ1v) is 11.5. The maximum absolute atomic E-state index is 3.75. The van der Waals surface area contributed by atoms with Gasteiger partial charge in [-0.05, 0) is 120 Å². The van der Waals surface area contributed by atoms with Gasteiger partial charge in [0.15, 0.2) is 0 Å². The lowest BCUT2D eigenvalue weighted by Crippen LogP contribution is -1.79. The Balaban J connectivity index is 2.07. The molecule has 0 saturated carbocycles. The van der Waals surface area contributed by atoms with E-state index in [4.69, 9.17) is 0 Å². The van der Waals surface area contributed by atoms with E-state index in [-0.39, 0.29) is 0 Å². The van der Waals surface area contributed by atoms with Gasteiger partial charge in [0.25, 0.3) is 0 Å². The second-order valence-electron chi connectivity index (χ2n) is 5.20. The molecule has 24 heavy (non-hydrogen) atoms.